The van der Waals surface area contributed by atoms with Crippen LogP contribution in [0.1, 0.15) is 12.8 Å². The second kappa shape index (κ2) is 4.82. The molecule has 0 bridgehead atoms. The Morgan fingerprint density at radius 1 is 1.67 bits per heavy atom. The zero-order valence-electron chi connectivity index (χ0n) is 4.55. The van der Waals surface area contributed by atoms with E-state index in [2.05, 4.69) is 5.32 Å². The van der Waals surface area contributed by atoms with Crippen LogP contribution >= 0.6 is 0 Å². The van der Waals surface area contributed by atoms with Gasteiger partial charge in [0.2, 0.25) is 0 Å². The number of hydrogen-bond donors (Lipinski definition) is 2. The van der Waals surface area contributed by atoms with E-state index >= 15 is 0 Å². The number of hydrogen-bond acceptors (Lipinski definition) is 2. The Labute approximate surface area is 96.6 Å². The van der Waals surface area contributed by atoms with E-state index in [1.807, 2.05) is 0 Å². The third kappa shape index (κ3) is 3.11. The second-order valence-electron chi connectivity index (χ2n) is 1.99. The van der Waals surface area contributed by atoms with Crippen LogP contribution in [0.25, 0.3) is 0 Å². The number of nitrogens with one attached hydrogen (secondary N) is 1. The molecular weight excluding hydrogens is 145 g/mol. The van der Waals surface area contributed by atoms with Gasteiger partial charge in [-0.1, -0.05) is 0 Å². The summed E-state index contributed by atoms with van der Waals surface area (Å²) in [6.07, 6.45) is 1.78. The van der Waals surface area contributed by atoms with Crippen LogP contribution in [-0.2, 0) is 4.79 Å². The third-order valence-corrected chi connectivity index (χ3v) is 1.36. The van der Waals surface area contributed by atoms with Crippen molar-refractivity contribution in [3.8, 4) is 0 Å². The van der Waals surface area contributed by atoms with Crippen LogP contribution in [0.4, 0.5) is 0 Å². The van der Waals surface area contributed by atoms with Crippen molar-refractivity contribution in [3.63, 3.8) is 0 Å². The van der Waals surface area contributed by atoms with E-state index in [0.29, 0.717) is 0 Å². The Bertz CT molecular complexity index is 101. The minimum absolute atomic E-state index is 0. The number of carboxylic acids is 1. The molecule has 0 aromatic heterocycles. The molecule has 0 spiro atoms. The zero-order chi connectivity index (χ0) is 5.98. The first-order valence-corrected chi connectivity index (χ1v) is 2.77. The van der Waals surface area contributed by atoms with Crippen molar-refractivity contribution in [2.75, 3.05) is 6.54 Å². The molecule has 1 fully saturated rings. The first-order chi connectivity index (χ1) is 3.80. The van der Waals surface area contributed by atoms with Crippen LogP contribution in [0.5, 0.6) is 0 Å². The maximum atomic E-state index is 10.1. The normalized spacial score (nSPS) is 25.1. The van der Waals surface area contributed by atoms with Crippen LogP contribution in [0.3, 0.4) is 0 Å². The summed E-state index contributed by atoms with van der Waals surface area (Å²) < 4.78 is 0. The van der Waals surface area contributed by atoms with E-state index < -0.39 is 5.97 Å². The van der Waals surface area contributed by atoms with Crippen LogP contribution in [0.2, 0.25) is 0 Å². The topological polar surface area (TPSA) is 49.3 Å². The quantitative estimate of drug-likeness (QED) is 0.486. The summed E-state index contributed by atoms with van der Waals surface area (Å²) in [6.45, 7) is 0.858. The summed E-state index contributed by atoms with van der Waals surface area (Å²) in [7, 11) is 0. The number of aliphatic carboxylic acids is 1. The predicted octanol–water partition coefficient (Wildman–Crippen LogP) is -0.826. The van der Waals surface area contributed by atoms with Crippen LogP contribution in [0, 0.1) is 0 Å². The van der Waals surface area contributed by atoms with Gasteiger partial charge in [-0.3, -0.25) is 4.79 Å². The molecule has 1 rings (SSSR count). The molecular formula is C5H10KNO2. The molecule has 48 valence electrons. The Kier molecular flexibility index (Phi) is 5.39. The number of carbonyl (C=O) groups is 1. The fraction of sp³-hybridized carbons (Fsp3) is 0.800. The molecule has 0 aromatic rings. The zero-order valence-corrected chi connectivity index (χ0v) is 4.55. The molecule has 0 aliphatic carbocycles. The Hall–Kier alpha value is 1.07. The first kappa shape index (κ1) is 10.1. The molecule has 2 N–H and O–H groups in total. The number of rotatable bonds is 1. The Morgan fingerprint density at radius 3 is 2.56 bits per heavy atom. The van der Waals surface area contributed by atoms with Gasteiger partial charge in [0.15, 0.2) is 0 Å². The first-order valence-electron chi connectivity index (χ1n) is 2.77. The van der Waals surface area contributed by atoms with Gasteiger partial charge in [-0.15, -0.1) is 0 Å². The van der Waals surface area contributed by atoms with Crippen molar-refractivity contribution in [2.24, 2.45) is 0 Å². The van der Waals surface area contributed by atoms with Gasteiger partial charge >= 0.3 is 57.4 Å². The van der Waals surface area contributed by atoms with Gasteiger partial charge in [0, 0.05) is 0 Å². The summed E-state index contributed by atoms with van der Waals surface area (Å²) in [4.78, 5) is 10.1. The summed E-state index contributed by atoms with van der Waals surface area (Å²) in [5.41, 5.74) is 0. The van der Waals surface area contributed by atoms with E-state index in [0.717, 1.165) is 19.4 Å². The standard InChI is InChI=1S/C5H9NO2.K.H/c7-5(8)4-2-1-3-6-4;;/h4,6H,1-3H2,(H,7,8);;. The monoisotopic (exact) mass is 155 g/mol. The number of carboxylic acid groups (broad SMARTS) is 1. The molecule has 4 heteroatoms. The molecule has 0 aromatic carbocycles. The van der Waals surface area contributed by atoms with Gasteiger partial charge in [0.25, 0.3) is 0 Å². The molecule has 1 heterocycles. The minimum atomic E-state index is -0.720. The van der Waals surface area contributed by atoms with E-state index in [-0.39, 0.29) is 57.4 Å². The van der Waals surface area contributed by atoms with Gasteiger partial charge in [0.1, 0.15) is 6.04 Å². The van der Waals surface area contributed by atoms with Gasteiger partial charge in [-0.2, -0.15) is 0 Å². The average molecular weight is 155 g/mol. The van der Waals surface area contributed by atoms with Crippen LogP contribution in [0.15, 0.2) is 0 Å². The van der Waals surface area contributed by atoms with Crippen LogP contribution in [-0.4, -0.2) is 75.0 Å². The van der Waals surface area contributed by atoms with Crippen LogP contribution < -0.4 is 5.32 Å². The third-order valence-electron chi connectivity index (χ3n) is 1.36. The van der Waals surface area contributed by atoms with Crippen molar-refractivity contribution in [1.29, 1.82) is 0 Å². The van der Waals surface area contributed by atoms with E-state index in [1.165, 1.54) is 0 Å². The Morgan fingerprint density at radius 2 is 2.33 bits per heavy atom. The van der Waals surface area contributed by atoms with Crippen molar-refractivity contribution in [3.05, 3.63) is 0 Å². The van der Waals surface area contributed by atoms with Gasteiger partial charge in [0.05, 0.1) is 0 Å². The van der Waals surface area contributed by atoms with Gasteiger partial charge < -0.3 is 10.4 Å². The maximum absolute atomic E-state index is 10.1. The molecule has 1 atom stereocenters. The summed E-state index contributed by atoms with van der Waals surface area (Å²) in [5.74, 6) is -0.720. The molecule has 3 nitrogen and oxygen atoms in total. The van der Waals surface area contributed by atoms with E-state index in [4.69, 9.17) is 5.11 Å². The van der Waals surface area contributed by atoms with E-state index in [1.54, 1.807) is 0 Å². The molecule has 1 unspecified atom stereocenters. The Balaban J connectivity index is 0.000000640. The fourth-order valence-corrected chi connectivity index (χ4v) is 0.895. The molecule has 1 aliphatic rings. The summed E-state index contributed by atoms with van der Waals surface area (Å²) >= 11 is 0. The fourth-order valence-electron chi connectivity index (χ4n) is 0.895. The van der Waals surface area contributed by atoms with Gasteiger partial charge in [-0.05, 0) is 19.4 Å². The molecule has 1 aliphatic heterocycles. The SMILES string of the molecule is O=C(O)C1CCCN1.[KH]. The molecule has 0 radical (unpaired) electrons. The summed E-state index contributed by atoms with van der Waals surface area (Å²) in [6, 6.07) is -0.269. The van der Waals surface area contributed by atoms with Gasteiger partial charge in [-0.25, -0.2) is 0 Å². The molecule has 1 saturated heterocycles. The average Bonchev–Trinajstić information content (AvgIpc) is 2.12. The van der Waals surface area contributed by atoms with E-state index in [9.17, 15) is 4.79 Å². The van der Waals surface area contributed by atoms with Crippen molar-refractivity contribution in [2.45, 2.75) is 18.9 Å². The molecule has 9 heavy (non-hydrogen) atoms. The molecule has 0 saturated carbocycles. The van der Waals surface area contributed by atoms with Crippen molar-refractivity contribution >= 4 is 57.4 Å². The second-order valence-corrected chi connectivity index (χ2v) is 1.99. The van der Waals surface area contributed by atoms with Crippen molar-refractivity contribution in [1.82, 2.24) is 5.32 Å². The summed E-state index contributed by atoms with van der Waals surface area (Å²) in [5, 5.41) is 11.2. The molecule has 0 amide bonds. The van der Waals surface area contributed by atoms with Crippen molar-refractivity contribution < 1.29 is 9.90 Å². The predicted molar refractivity (Wildman–Crippen MR) is 35.8 cm³/mol.